The van der Waals surface area contributed by atoms with Crippen LogP contribution in [0, 0.1) is 19.8 Å². The van der Waals surface area contributed by atoms with Crippen molar-refractivity contribution in [3.63, 3.8) is 0 Å². The molecule has 2 heterocycles. The Bertz CT molecular complexity index is 993. The van der Waals surface area contributed by atoms with Gasteiger partial charge in [-0.05, 0) is 57.6 Å². The molecule has 6 nitrogen and oxygen atoms in total. The van der Waals surface area contributed by atoms with Crippen LogP contribution in [0.3, 0.4) is 0 Å². The van der Waals surface area contributed by atoms with Gasteiger partial charge in [0.15, 0.2) is 22.3 Å². The third-order valence-corrected chi connectivity index (χ3v) is 5.68. The molecule has 1 fully saturated rings. The molecule has 1 amide bonds. The van der Waals surface area contributed by atoms with Crippen LogP contribution >= 0.6 is 12.2 Å². The van der Waals surface area contributed by atoms with E-state index < -0.39 is 11.6 Å². The van der Waals surface area contributed by atoms with Crippen LogP contribution in [0.4, 0.5) is 5.69 Å². The number of aryl methyl sites for hydroxylation is 2. The summed E-state index contributed by atoms with van der Waals surface area (Å²) in [6.07, 6.45) is 0. The topological polar surface area (TPSA) is 71.6 Å². The zero-order chi connectivity index (χ0) is 20.8. The Labute approximate surface area is 176 Å². The molecule has 4 rings (SSSR count). The number of carbonyl (C=O) groups is 1. The molecular formula is C22H25N3O3S. The lowest BCUT2D eigenvalue weighted by Gasteiger charge is -2.50. The fraction of sp³-hybridized carbons (Fsp3) is 0.364. The minimum Gasteiger partial charge on any atom is -0.490 e. The fourth-order valence-corrected chi connectivity index (χ4v) is 4.49. The molecule has 0 saturated carbocycles. The number of carbonyl (C=O) groups excluding carboxylic acids is 1. The van der Waals surface area contributed by atoms with Gasteiger partial charge < -0.3 is 25.4 Å². The Morgan fingerprint density at radius 2 is 2.10 bits per heavy atom. The molecule has 0 unspecified atom stereocenters. The summed E-state index contributed by atoms with van der Waals surface area (Å²) in [5.41, 5.74) is 2.81. The molecule has 0 aliphatic carbocycles. The van der Waals surface area contributed by atoms with Gasteiger partial charge in [-0.2, -0.15) is 0 Å². The van der Waals surface area contributed by atoms with E-state index >= 15 is 0 Å². The van der Waals surface area contributed by atoms with Gasteiger partial charge in [0, 0.05) is 11.3 Å². The predicted molar refractivity (Wildman–Crippen MR) is 116 cm³/mol. The number of anilines is 1. The summed E-state index contributed by atoms with van der Waals surface area (Å²) >= 11 is 5.38. The van der Waals surface area contributed by atoms with Crippen LogP contribution in [0.1, 0.15) is 36.6 Å². The van der Waals surface area contributed by atoms with Gasteiger partial charge >= 0.3 is 0 Å². The van der Waals surface area contributed by atoms with Crippen LogP contribution in [-0.4, -0.2) is 23.4 Å². The summed E-state index contributed by atoms with van der Waals surface area (Å²) in [6, 6.07) is 11.3. The Hall–Kier alpha value is -2.80. The molecule has 3 atom stereocenters. The Morgan fingerprint density at radius 3 is 2.83 bits per heavy atom. The smallest absolute Gasteiger partial charge is 0.236 e. The van der Waals surface area contributed by atoms with Crippen molar-refractivity contribution in [2.24, 2.45) is 5.92 Å². The minimum absolute atomic E-state index is 0.139. The van der Waals surface area contributed by atoms with E-state index in [4.69, 9.17) is 21.7 Å². The maximum atomic E-state index is 13.4. The van der Waals surface area contributed by atoms with E-state index in [1.165, 1.54) is 0 Å². The Kier molecular flexibility index (Phi) is 4.86. The summed E-state index contributed by atoms with van der Waals surface area (Å²) in [5, 5.41) is 9.95. The molecule has 2 aromatic carbocycles. The van der Waals surface area contributed by atoms with E-state index in [-0.39, 0.29) is 11.9 Å². The molecule has 0 spiro atoms. The summed E-state index contributed by atoms with van der Waals surface area (Å²) in [7, 11) is 0. The molecule has 2 aromatic rings. The molecule has 0 radical (unpaired) electrons. The van der Waals surface area contributed by atoms with E-state index in [1.807, 2.05) is 64.1 Å². The van der Waals surface area contributed by atoms with E-state index in [9.17, 15) is 4.79 Å². The number of ether oxygens (including phenoxy) is 2. The number of amides is 1. The molecule has 7 heteroatoms. The van der Waals surface area contributed by atoms with Gasteiger partial charge in [-0.15, -0.1) is 0 Å². The number of hydrogen-bond acceptors (Lipinski definition) is 4. The van der Waals surface area contributed by atoms with Gasteiger partial charge in [0.25, 0.3) is 0 Å². The largest absolute Gasteiger partial charge is 0.490 e. The van der Waals surface area contributed by atoms with Crippen molar-refractivity contribution >= 4 is 28.9 Å². The lowest BCUT2D eigenvalue weighted by molar-refractivity contribution is -0.132. The Balaban J connectivity index is 1.73. The summed E-state index contributed by atoms with van der Waals surface area (Å²) in [5.74, 6) is 0.615. The first kappa shape index (κ1) is 19.5. The molecule has 152 valence electrons. The molecule has 3 N–H and O–H groups in total. The van der Waals surface area contributed by atoms with Crippen LogP contribution in [0.5, 0.6) is 11.5 Å². The first-order valence-corrected chi connectivity index (χ1v) is 10.1. The third kappa shape index (κ3) is 3.40. The zero-order valence-corrected chi connectivity index (χ0v) is 17.8. The second kappa shape index (κ2) is 7.22. The zero-order valence-electron chi connectivity index (χ0n) is 17.0. The van der Waals surface area contributed by atoms with E-state index in [0.717, 1.165) is 22.4 Å². The van der Waals surface area contributed by atoms with Gasteiger partial charge in [-0.1, -0.05) is 29.8 Å². The summed E-state index contributed by atoms with van der Waals surface area (Å²) in [6.45, 7) is 8.32. The maximum absolute atomic E-state index is 13.4. The third-order valence-electron chi connectivity index (χ3n) is 5.46. The molecule has 1 saturated heterocycles. The molecule has 29 heavy (non-hydrogen) atoms. The average molecular weight is 412 g/mol. The number of thiocarbonyl (C=S) groups is 1. The molecular weight excluding hydrogens is 386 g/mol. The van der Waals surface area contributed by atoms with E-state index in [2.05, 4.69) is 16.0 Å². The lowest BCUT2D eigenvalue weighted by atomic mass is 9.79. The lowest BCUT2D eigenvalue weighted by Crippen LogP contribution is -2.70. The van der Waals surface area contributed by atoms with Crippen molar-refractivity contribution in [3.05, 3.63) is 53.1 Å². The summed E-state index contributed by atoms with van der Waals surface area (Å²) in [4.78, 5) is 13.4. The maximum Gasteiger partial charge on any atom is 0.236 e. The minimum atomic E-state index is -1.00. The van der Waals surface area contributed by atoms with E-state index in [1.54, 1.807) is 0 Å². The van der Waals surface area contributed by atoms with Crippen molar-refractivity contribution in [1.82, 2.24) is 10.6 Å². The summed E-state index contributed by atoms with van der Waals surface area (Å²) < 4.78 is 12.1. The van der Waals surface area contributed by atoms with Crippen LogP contribution in [0.15, 0.2) is 36.4 Å². The molecule has 2 aliphatic rings. The number of hydrogen-bond donors (Lipinski definition) is 3. The highest BCUT2D eigenvalue weighted by Gasteiger charge is 2.55. The molecule has 2 aliphatic heterocycles. The van der Waals surface area contributed by atoms with Crippen LogP contribution in [0.2, 0.25) is 0 Å². The number of nitrogens with one attached hydrogen (secondary N) is 3. The SMILES string of the molecule is CCOc1cccc2c1O[C@@]1(C)NC(=S)N[C@H]2[C@H]1C(=O)Nc1ccc(C)cc1C. The number of fused-ring (bicyclic) bond motifs is 4. The van der Waals surface area contributed by atoms with Crippen LogP contribution in [0.25, 0.3) is 0 Å². The quantitative estimate of drug-likeness (QED) is 0.668. The number of benzene rings is 2. The highest BCUT2D eigenvalue weighted by Crippen LogP contribution is 2.49. The second-order valence-corrected chi connectivity index (χ2v) is 8.09. The normalized spacial score (nSPS) is 24.5. The van der Waals surface area contributed by atoms with Crippen molar-refractivity contribution < 1.29 is 14.3 Å². The highest BCUT2D eigenvalue weighted by molar-refractivity contribution is 7.80. The molecule has 2 bridgehead atoms. The van der Waals surface area contributed by atoms with E-state index in [0.29, 0.717) is 23.2 Å². The molecule has 0 aromatic heterocycles. The van der Waals surface area contributed by atoms with Gasteiger partial charge in [-0.3, -0.25) is 4.79 Å². The first-order valence-electron chi connectivity index (χ1n) is 9.74. The van der Waals surface area contributed by atoms with Crippen LogP contribution in [-0.2, 0) is 4.79 Å². The highest BCUT2D eigenvalue weighted by atomic mass is 32.1. The fourth-order valence-electron chi connectivity index (χ4n) is 4.16. The average Bonchev–Trinajstić information content (AvgIpc) is 2.64. The number of para-hydroxylation sites is 1. The standard InChI is InChI=1S/C22H25N3O3S/c1-5-27-16-8-6-7-14-18-17(22(4,28-19(14)16)25-21(29)24-18)20(26)23-15-10-9-12(2)11-13(15)3/h6-11,17-18H,5H2,1-4H3,(H,23,26)(H2,24,25,29)/t17-,18+,22+/m0/s1. The van der Waals surface area contributed by atoms with Crippen molar-refractivity contribution in [1.29, 1.82) is 0 Å². The van der Waals surface area contributed by atoms with Gasteiger partial charge in [0.1, 0.15) is 5.92 Å². The van der Waals surface area contributed by atoms with Crippen LogP contribution < -0.4 is 25.4 Å². The van der Waals surface area contributed by atoms with Crippen molar-refractivity contribution in [2.75, 3.05) is 11.9 Å². The monoisotopic (exact) mass is 411 g/mol. The van der Waals surface area contributed by atoms with Crippen molar-refractivity contribution in [2.45, 2.75) is 39.5 Å². The second-order valence-electron chi connectivity index (χ2n) is 7.68. The van der Waals surface area contributed by atoms with Crippen molar-refractivity contribution in [3.8, 4) is 11.5 Å². The number of rotatable bonds is 4. The first-order chi connectivity index (χ1) is 13.8. The van der Waals surface area contributed by atoms with Gasteiger partial charge in [-0.25, -0.2) is 0 Å². The van der Waals surface area contributed by atoms with Gasteiger partial charge in [0.05, 0.1) is 12.6 Å². The van der Waals surface area contributed by atoms with Gasteiger partial charge in [0.2, 0.25) is 5.91 Å². The predicted octanol–water partition coefficient (Wildman–Crippen LogP) is 3.58. The Morgan fingerprint density at radius 1 is 1.31 bits per heavy atom.